The number of ether oxygens (including phenoxy) is 3. The molecule has 1 fully saturated rings. The molecule has 2 rings (SSSR count). The Balaban J connectivity index is 1.89. The minimum Gasteiger partial charge on any atom is -0.469 e. The standard InChI is InChI=1S/C34H54O8/c1-24-16-12-13-18-26(3)33(39)34-29(42-34)23-27(35)19-14-15-21-31(37)41-28(22-24)32(38)25(2)17-10-8-6-5-7-9-11-20-30(36)40-4/h5-6,12-14,19,24-29,33-35,39H,7-11,15-18,20-23H2,1-4H3/b6-5+,13-12+,19-14+. The summed E-state index contributed by atoms with van der Waals surface area (Å²) < 4.78 is 16.0. The van der Waals surface area contributed by atoms with Gasteiger partial charge in [0.2, 0.25) is 0 Å². The second-order valence-corrected chi connectivity index (χ2v) is 12.2. The molecule has 0 saturated carbocycles. The van der Waals surface area contributed by atoms with Crippen LogP contribution in [0.3, 0.4) is 0 Å². The molecular weight excluding hydrogens is 536 g/mol. The fourth-order valence-corrected chi connectivity index (χ4v) is 5.29. The first-order valence-corrected chi connectivity index (χ1v) is 15.9. The number of cyclic esters (lactones) is 1. The van der Waals surface area contributed by atoms with Gasteiger partial charge in [-0.25, -0.2) is 0 Å². The van der Waals surface area contributed by atoms with Gasteiger partial charge in [0.05, 0.1) is 25.4 Å². The van der Waals surface area contributed by atoms with Gasteiger partial charge in [-0.2, -0.15) is 0 Å². The van der Waals surface area contributed by atoms with Crippen LogP contribution in [0.4, 0.5) is 0 Å². The van der Waals surface area contributed by atoms with Crippen molar-refractivity contribution in [1.82, 2.24) is 0 Å². The smallest absolute Gasteiger partial charge is 0.306 e. The monoisotopic (exact) mass is 590 g/mol. The van der Waals surface area contributed by atoms with Crippen molar-refractivity contribution >= 4 is 17.7 Å². The number of unbranched alkanes of at least 4 members (excludes halogenated alkanes) is 3. The molecule has 0 aromatic carbocycles. The van der Waals surface area contributed by atoms with Crippen LogP contribution in [0.25, 0.3) is 0 Å². The zero-order chi connectivity index (χ0) is 30.9. The topological polar surface area (TPSA) is 123 Å². The Kier molecular flexibility index (Phi) is 16.9. The van der Waals surface area contributed by atoms with Crippen LogP contribution in [0, 0.1) is 17.8 Å². The lowest BCUT2D eigenvalue weighted by molar-refractivity contribution is -0.157. The number of methoxy groups -OCH3 is 1. The van der Waals surface area contributed by atoms with Crippen molar-refractivity contribution in [2.45, 2.75) is 135 Å². The van der Waals surface area contributed by atoms with Gasteiger partial charge in [0.15, 0.2) is 11.9 Å². The fraction of sp³-hybridized carbons (Fsp3) is 0.735. The number of allylic oxidation sites excluding steroid dienone is 5. The summed E-state index contributed by atoms with van der Waals surface area (Å²) in [4.78, 5) is 37.2. The summed E-state index contributed by atoms with van der Waals surface area (Å²) in [5.74, 6) is -0.652. The number of ketones is 1. The first kappa shape index (κ1) is 35.9. The molecule has 8 atom stereocenters. The third kappa shape index (κ3) is 14.3. The Labute approximate surface area is 252 Å². The highest BCUT2D eigenvalue weighted by molar-refractivity contribution is 5.87. The van der Waals surface area contributed by atoms with E-state index in [4.69, 9.17) is 9.47 Å². The van der Waals surface area contributed by atoms with E-state index < -0.39 is 24.3 Å². The quantitative estimate of drug-likeness (QED) is 0.134. The lowest BCUT2D eigenvalue weighted by atomic mass is 9.90. The molecular formula is C34H54O8. The van der Waals surface area contributed by atoms with Gasteiger partial charge >= 0.3 is 11.9 Å². The summed E-state index contributed by atoms with van der Waals surface area (Å²) in [6.45, 7) is 5.97. The molecule has 0 aliphatic carbocycles. The summed E-state index contributed by atoms with van der Waals surface area (Å²) in [6.07, 6.45) is 17.8. The number of hydrogen-bond acceptors (Lipinski definition) is 8. The third-order valence-electron chi connectivity index (χ3n) is 8.20. The second-order valence-electron chi connectivity index (χ2n) is 12.2. The molecule has 42 heavy (non-hydrogen) atoms. The van der Waals surface area contributed by atoms with E-state index in [0.29, 0.717) is 32.1 Å². The number of hydrogen-bond donors (Lipinski definition) is 2. The maximum Gasteiger partial charge on any atom is 0.306 e. The first-order valence-electron chi connectivity index (χ1n) is 15.9. The van der Waals surface area contributed by atoms with Crippen molar-refractivity contribution in [1.29, 1.82) is 0 Å². The lowest BCUT2D eigenvalue weighted by Gasteiger charge is -2.23. The molecule has 8 nitrogen and oxygen atoms in total. The van der Waals surface area contributed by atoms with Crippen molar-refractivity contribution in [3.8, 4) is 0 Å². The molecule has 2 N–H and O–H groups in total. The van der Waals surface area contributed by atoms with Crippen LogP contribution in [0.5, 0.6) is 0 Å². The third-order valence-corrected chi connectivity index (χ3v) is 8.20. The fourth-order valence-electron chi connectivity index (χ4n) is 5.29. The molecule has 8 heteroatoms. The van der Waals surface area contributed by atoms with Gasteiger partial charge in [0.25, 0.3) is 0 Å². The number of aliphatic hydroxyl groups is 2. The molecule has 2 aliphatic heterocycles. The van der Waals surface area contributed by atoms with Crippen LogP contribution in [-0.4, -0.2) is 65.6 Å². The van der Waals surface area contributed by atoms with Gasteiger partial charge in [0.1, 0.15) is 6.10 Å². The molecule has 1 saturated heterocycles. The zero-order valence-corrected chi connectivity index (χ0v) is 26.1. The first-order chi connectivity index (χ1) is 20.1. The molecule has 0 radical (unpaired) electrons. The normalized spacial score (nSPS) is 32.0. The van der Waals surface area contributed by atoms with Gasteiger partial charge in [-0.1, -0.05) is 57.2 Å². The van der Waals surface area contributed by atoms with Gasteiger partial charge in [0, 0.05) is 25.2 Å². The highest BCUT2D eigenvalue weighted by Gasteiger charge is 2.46. The molecule has 2 heterocycles. The van der Waals surface area contributed by atoms with E-state index in [9.17, 15) is 24.6 Å². The molecule has 238 valence electrons. The number of carbonyl (C=O) groups excluding carboxylic acids is 3. The Morgan fingerprint density at radius 2 is 1.76 bits per heavy atom. The van der Waals surface area contributed by atoms with E-state index in [2.05, 4.69) is 36.0 Å². The minimum absolute atomic E-state index is 0.0267. The van der Waals surface area contributed by atoms with E-state index in [0.717, 1.165) is 44.9 Å². The minimum atomic E-state index is -0.775. The largest absolute Gasteiger partial charge is 0.469 e. The van der Waals surface area contributed by atoms with Crippen molar-refractivity contribution in [2.24, 2.45) is 17.8 Å². The number of rotatable bonds is 11. The van der Waals surface area contributed by atoms with Crippen molar-refractivity contribution in [3.63, 3.8) is 0 Å². The van der Waals surface area contributed by atoms with E-state index >= 15 is 0 Å². The summed E-state index contributed by atoms with van der Waals surface area (Å²) in [6, 6.07) is 0. The van der Waals surface area contributed by atoms with Gasteiger partial charge in [-0.05, 0) is 76.0 Å². The van der Waals surface area contributed by atoms with Gasteiger partial charge in [-0.3, -0.25) is 14.4 Å². The lowest BCUT2D eigenvalue weighted by Crippen LogP contribution is -2.33. The zero-order valence-electron chi connectivity index (χ0n) is 26.1. The van der Waals surface area contributed by atoms with E-state index in [1.54, 1.807) is 12.2 Å². The Bertz CT molecular complexity index is 909. The molecule has 8 unspecified atom stereocenters. The summed E-state index contributed by atoms with van der Waals surface area (Å²) in [5, 5.41) is 20.9. The van der Waals surface area contributed by atoms with Gasteiger partial charge in [-0.15, -0.1) is 0 Å². The summed E-state index contributed by atoms with van der Waals surface area (Å²) in [5.41, 5.74) is 0. The maximum atomic E-state index is 13.4. The van der Waals surface area contributed by atoms with Crippen molar-refractivity contribution < 1.29 is 38.8 Å². The average molecular weight is 591 g/mol. The number of aliphatic hydroxyl groups excluding tert-OH is 2. The van der Waals surface area contributed by atoms with E-state index in [1.165, 1.54) is 7.11 Å². The average Bonchev–Trinajstić information content (AvgIpc) is 3.73. The van der Waals surface area contributed by atoms with Crippen LogP contribution in [-0.2, 0) is 28.6 Å². The number of esters is 2. The molecule has 0 aromatic rings. The van der Waals surface area contributed by atoms with Crippen LogP contribution in [0.2, 0.25) is 0 Å². The Morgan fingerprint density at radius 1 is 1.05 bits per heavy atom. The van der Waals surface area contributed by atoms with Crippen LogP contribution in [0.15, 0.2) is 36.5 Å². The predicted octanol–water partition coefficient (Wildman–Crippen LogP) is 5.79. The molecule has 0 amide bonds. The SMILES string of the molecule is COC(=O)CCCC/C=C/CCCC(C)C(=O)C1CC(C)C/C=C/CC(C)C(O)C2OC2CC(O)/C=C/CCC(=O)O1. The molecule has 2 aliphatic rings. The molecule has 0 bridgehead atoms. The number of fused-ring (bicyclic) bond motifs is 1. The van der Waals surface area contributed by atoms with E-state index in [-0.39, 0.29) is 48.1 Å². The number of Topliss-reactive ketones (excluding diaryl/α,β-unsaturated/α-hetero) is 1. The highest BCUT2D eigenvalue weighted by Crippen LogP contribution is 2.33. The molecule has 0 spiro atoms. The molecule has 0 aromatic heterocycles. The number of epoxide rings is 1. The van der Waals surface area contributed by atoms with Crippen LogP contribution >= 0.6 is 0 Å². The van der Waals surface area contributed by atoms with Crippen LogP contribution in [0.1, 0.15) is 104 Å². The van der Waals surface area contributed by atoms with Crippen LogP contribution < -0.4 is 0 Å². The van der Waals surface area contributed by atoms with Gasteiger partial charge < -0.3 is 24.4 Å². The predicted molar refractivity (Wildman–Crippen MR) is 163 cm³/mol. The second kappa shape index (κ2) is 19.8. The number of carbonyl (C=O) groups is 3. The summed E-state index contributed by atoms with van der Waals surface area (Å²) >= 11 is 0. The van der Waals surface area contributed by atoms with E-state index in [1.807, 2.05) is 13.8 Å². The maximum absolute atomic E-state index is 13.4. The highest BCUT2D eigenvalue weighted by atomic mass is 16.6. The van der Waals surface area contributed by atoms with Crippen molar-refractivity contribution in [3.05, 3.63) is 36.5 Å². The van der Waals surface area contributed by atoms with Crippen molar-refractivity contribution in [2.75, 3.05) is 7.11 Å². The Hall–Kier alpha value is -2.29. The summed E-state index contributed by atoms with van der Waals surface area (Å²) in [7, 11) is 1.40. The Morgan fingerprint density at radius 3 is 2.50 bits per heavy atom.